The highest BCUT2D eigenvalue weighted by Crippen LogP contribution is 2.30. The maximum absolute atomic E-state index is 13.1. The standard InChI is InChI=1S/C19H21F2N5O2S/c1-5-28-25-11(2)13-7-9-16(29(4,22)27)17(23-13)19-24-14-10-12(18(20)21)6-8-15(14)26(19)3/h6-10,18,22H,5H2,1-4H3/b25-11+. The average Bonchev–Trinajstić information content (AvgIpc) is 3.00. The van der Waals surface area contributed by atoms with Gasteiger partial charge in [0.05, 0.1) is 31.4 Å². The lowest BCUT2D eigenvalue weighted by Gasteiger charge is -2.11. The normalized spacial score (nSPS) is 14.4. The third-order valence-electron chi connectivity index (χ3n) is 4.35. The number of rotatable bonds is 6. The van der Waals surface area contributed by atoms with Gasteiger partial charge in [0.2, 0.25) is 0 Å². The number of hydrogen-bond acceptors (Lipinski definition) is 6. The van der Waals surface area contributed by atoms with Gasteiger partial charge < -0.3 is 9.40 Å². The molecule has 1 aromatic carbocycles. The fraction of sp³-hybridized carbons (Fsp3) is 0.316. The molecule has 1 atom stereocenters. The Bertz CT molecular complexity index is 1200. The first kappa shape index (κ1) is 20.8. The molecule has 3 aromatic rings. The fourth-order valence-corrected chi connectivity index (χ4v) is 3.73. The van der Waals surface area contributed by atoms with Gasteiger partial charge in [0.1, 0.15) is 18.0 Å². The van der Waals surface area contributed by atoms with E-state index in [9.17, 15) is 13.0 Å². The zero-order valence-electron chi connectivity index (χ0n) is 16.4. The van der Waals surface area contributed by atoms with E-state index in [1.165, 1.54) is 18.4 Å². The first-order chi connectivity index (χ1) is 13.6. The third-order valence-corrected chi connectivity index (χ3v) is 5.52. The molecule has 0 spiro atoms. The SMILES string of the molecule is CCO/N=C(\C)c1ccc(S(C)(=N)=O)c(-c2nc3cc(C(F)F)ccc3n2C)n1. The summed E-state index contributed by atoms with van der Waals surface area (Å²) >= 11 is 0. The molecule has 0 saturated carbocycles. The van der Waals surface area contributed by atoms with Crippen molar-refractivity contribution in [3.05, 3.63) is 41.6 Å². The summed E-state index contributed by atoms with van der Waals surface area (Å²) in [5.74, 6) is 0.328. The highest BCUT2D eigenvalue weighted by Gasteiger charge is 2.21. The molecule has 1 N–H and O–H groups in total. The summed E-state index contributed by atoms with van der Waals surface area (Å²) < 4.78 is 48.4. The topological polar surface area (TPSA) is 93.2 Å². The number of benzene rings is 1. The van der Waals surface area contributed by atoms with Crippen molar-refractivity contribution in [3.8, 4) is 11.5 Å². The van der Waals surface area contributed by atoms with E-state index in [0.29, 0.717) is 34.9 Å². The van der Waals surface area contributed by atoms with Crippen molar-refractivity contribution in [1.82, 2.24) is 14.5 Å². The Morgan fingerprint density at radius 3 is 2.66 bits per heavy atom. The minimum absolute atomic E-state index is 0.136. The molecule has 0 aliphatic rings. The van der Waals surface area contributed by atoms with E-state index < -0.39 is 16.2 Å². The molecule has 0 fully saturated rings. The average molecular weight is 421 g/mol. The second-order valence-corrected chi connectivity index (χ2v) is 8.65. The second-order valence-electron chi connectivity index (χ2n) is 6.52. The van der Waals surface area contributed by atoms with E-state index in [-0.39, 0.29) is 16.2 Å². The van der Waals surface area contributed by atoms with Gasteiger partial charge in [-0.25, -0.2) is 27.7 Å². The molecule has 154 valence electrons. The van der Waals surface area contributed by atoms with Gasteiger partial charge in [0, 0.05) is 18.9 Å². The van der Waals surface area contributed by atoms with Gasteiger partial charge in [-0.2, -0.15) is 0 Å². The number of halogens is 2. The minimum Gasteiger partial charge on any atom is -0.396 e. The number of fused-ring (bicyclic) bond motifs is 1. The first-order valence-electron chi connectivity index (χ1n) is 8.80. The van der Waals surface area contributed by atoms with Crippen molar-refractivity contribution >= 4 is 26.5 Å². The molecular formula is C19H21F2N5O2S. The largest absolute Gasteiger partial charge is 0.396 e. The van der Waals surface area contributed by atoms with Crippen molar-refractivity contribution in [1.29, 1.82) is 4.78 Å². The molecule has 0 aliphatic heterocycles. The highest BCUT2D eigenvalue weighted by molar-refractivity contribution is 7.91. The molecule has 1 unspecified atom stereocenters. The molecule has 2 aromatic heterocycles. The first-order valence-corrected chi connectivity index (χ1v) is 10.8. The van der Waals surface area contributed by atoms with Crippen LogP contribution in [0.1, 0.15) is 31.5 Å². The van der Waals surface area contributed by atoms with E-state index >= 15 is 0 Å². The molecule has 0 aliphatic carbocycles. The monoisotopic (exact) mass is 421 g/mol. The van der Waals surface area contributed by atoms with Gasteiger partial charge in [-0.3, -0.25) is 0 Å². The lowest BCUT2D eigenvalue weighted by molar-refractivity contribution is 0.151. The van der Waals surface area contributed by atoms with Crippen LogP contribution in [0.4, 0.5) is 8.78 Å². The van der Waals surface area contributed by atoms with Crippen molar-refractivity contribution in [2.45, 2.75) is 25.2 Å². The quantitative estimate of drug-likeness (QED) is 0.472. The Balaban J connectivity index is 2.26. The lowest BCUT2D eigenvalue weighted by Crippen LogP contribution is -2.08. The molecule has 0 bridgehead atoms. The number of hydrogen-bond donors (Lipinski definition) is 1. The number of alkyl halides is 2. The van der Waals surface area contributed by atoms with Gasteiger partial charge in [-0.1, -0.05) is 11.2 Å². The maximum atomic E-state index is 13.1. The van der Waals surface area contributed by atoms with Gasteiger partial charge in [0.25, 0.3) is 6.43 Å². The van der Waals surface area contributed by atoms with E-state index in [0.717, 1.165) is 0 Å². The molecule has 0 radical (unpaired) electrons. The summed E-state index contributed by atoms with van der Waals surface area (Å²) in [6.45, 7) is 3.92. The Hall–Kier alpha value is -2.88. The zero-order chi connectivity index (χ0) is 21.3. The fourth-order valence-electron chi connectivity index (χ4n) is 2.89. The van der Waals surface area contributed by atoms with E-state index in [4.69, 9.17) is 9.62 Å². The Labute approximate surface area is 167 Å². The zero-order valence-corrected chi connectivity index (χ0v) is 17.3. The van der Waals surface area contributed by atoms with Gasteiger partial charge in [-0.15, -0.1) is 0 Å². The van der Waals surface area contributed by atoms with Gasteiger partial charge in [-0.05, 0) is 38.1 Å². The smallest absolute Gasteiger partial charge is 0.263 e. The number of nitrogens with one attached hydrogen (secondary N) is 1. The summed E-state index contributed by atoms with van der Waals surface area (Å²) in [4.78, 5) is 14.3. The molecule has 0 amide bonds. The van der Waals surface area contributed by atoms with Gasteiger partial charge in [0.15, 0.2) is 5.82 Å². The highest BCUT2D eigenvalue weighted by atomic mass is 32.2. The predicted molar refractivity (Wildman–Crippen MR) is 108 cm³/mol. The Morgan fingerprint density at radius 1 is 1.31 bits per heavy atom. The predicted octanol–water partition coefficient (Wildman–Crippen LogP) is 4.37. The van der Waals surface area contributed by atoms with E-state index in [1.54, 1.807) is 43.7 Å². The van der Waals surface area contributed by atoms with Crippen molar-refractivity contribution < 1.29 is 17.8 Å². The summed E-state index contributed by atoms with van der Waals surface area (Å²) in [5, 5.41) is 3.96. The van der Waals surface area contributed by atoms with Crippen LogP contribution in [0, 0.1) is 4.78 Å². The summed E-state index contributed by atoms with van der Waals surface area (Å²) in [6, 6.07) is 7.39. The number of nitrogens with zero attached hydrogens (tertiary/aromatic N) is 4. The molecule has 0 saturated heterocycles. The maximum Gasteiger partial charge on any atom is 0.263 e. The number of pyridine rings is 1. The molecule has 29 heavy (non-hydrogen) atoms. The van der Waals surface area contributed by atoms with Crippen LogP contribution in [-0.2, 0) is 21.6 Å². The minimum atomic E-state index is -3.12. The molecule has 3 rings (SSSR count). The third kappa shape index (κ3) is 4.12. The number of aryl methyl sites for hydroxylation is 1. The summed E-state index contributed by atoms with van der Waals surface area (Å²) in [5.41, 5.74) is 2.07. The van der Waals surface area contributed by atoms with Crippen molar-refractivity contribution in [2.24, 2.45) is 12.2 Å². The van der Waals surface area contributed by atoms with Crippen molar-refractivity contribution in [3.63, 3.8) is 0 Å². The molecule has 7 nitrogen and oxygen atoms in total. The Morgan fingerprint density at radius 2 is 2.03 bits per heavy atom. The molecular weight excluding hydrogens is 400 g/mol. The lowest BCUT2D eigenvalue weighted by atomic mass is 10.2. The van der Waals surface area contributed by atoms with Crippen LogP contribution < -0.4 is 0 Å². The number of aromatic nitrogens is 3. The Kier molecular flexibility index (Phi) is 5.65. The van der Waals surface area contributed by atoms with Crippen LogP contribution in [0.25, 0.3) is 22.6 Å². The van der Waals surface area contributed by atoms with E-state index in [1.807, 2.05) is 0 Å². The van der Waals surface area contributed by atoms with Crippen LogP contribution in [0.3, 0.4) is 0 Å². The summed E-state index contributed by atoms with van der Waals surface area (Å²) in [6.07, 6.45) is -1.31. The summed E-state index contributed by atoms with van der Waals surface area (Å²) in [7, 11) is -1.41. The van der Waals surface area contributed by atoms with Crippen LogP contribution in [-0.4, -0.2) is 37.3 Å². The van der Waals surface area contributed by atoms with Crippen LogP contribution in [0.2, 0.25) is 0 Å². The van der Waals surface area contributed by atoms with E-state index in [2.05, 4.69) is 15.1 Å². The van der Waals surface area contributed by atoms with Crippen LogP contribution in [0.15, 0.2) is 40.4 Å². The second kappa shape index (κ2) is 7.86. The molecule has 10 heteroatoms. The molecule has 2 heterocycles. The van der Waals surface area contributed by atoms with Crippen molar-refractivity contribution in [2.75, 3.05) is 12.9 Å². The number of imidazole rings is 1. The number of oxime groups is 1. The van der Waals surface area contributed by atoms with Crippen LogP contribution in [0.5, 0.6) is 0 Å². The van der Waals surface area contributed by atoms with Gasteiger partial charge >= 0.3 is 0 Å². The van der Waals surface area contributed by atoms with Crippen LogP contribution >= 0.6 is 0 Å².